The zero-order chi connectivity index (χ0) is 10.5. The molecule has 15 heavy (non-hydrogen) atoms. The third kappa shape index (κ3) is 4.09. The number of aliphatic hydroxyl groups is 1. The van der Waals surface area contributed by atoms with Gasteiger partial charge in [-0.3, -0.25) is 0 Å². The van der Waals surface area contributed by atoms with Crippen LogP contribution in [0.25, 0.3) is 0 Å². The number of aliphatic hydroxyl groups excluding tert-OH is 1. The maximum Gasteiger partial charge on any atom is 0.0645 e. The molecule has 2 fully saturated rings. The van der Waals surface area contributed by atoms with Crippen LogP contribution in [-0.2, 0) is 4.74 Å². The fraction of sp³-hybridized carbons (Fsp3) is 1.00. The Morgan fingerprint density at radius 1 is 1.13 bits per heavy atom. The summed E-state index contributed by atoms with van der Waals surface area (Å²) < 4.78 is 5.84. The lowest BCUT2D eigenvalue weighted by Gasteiger charge is -2.24. The summed E-state index contributed by atoms with van der Waals surface area (Å²) in [5.74, 6) is 0. The normalized spacial score (nSPS) is 25.4. The lowest BCUT2D eigenvalue weighted by Crippen LogP contribution is -2.39. The highest BCUT2D eigenvalue weighted by Gasteiger charge is 2.25. The van der Waals surface area contributed by atoms with E-state index < -0.39 is 0 Å². The lowest BCUT2D eigenvalue weighted by atomic mass is 9.98. The molecule has 2 rings (SSSR count). The summed E-state index contributed by atoms with van der Waals surface area (Å²) in [6.07, 6.45) is 9.38. The molecule has 88 valence electrons. The number of hydrogen-bond acceptors (Lipinski definition) is 3. The van der Waals surface area contributed by atoms with Crippen molar-refractivity contribution in [2.75, 3.05) is 13.2 Å². The average molecular weight is 213 g/mol. The zero-order valence-electron chi connectivity index (χ0n) is 9.45. The molecule has 3 heteroatoms. The van der Waals surface area contributed by atoms with Gasteiger partial charge >= 0.3 is 0 Å². The first-order valence-corrected chi connectivity index (χ1v) is 6.37. The number of rotatable bonds is 6. The summed E-state index contributed by atoms with van der Waals surface area (Å²) in [7, 11) is 0. The Morgan fingerprint density at radius 2 is 1.87 bits per heavy atom. The Bertz CT molecular complexity index is 176. The van der Waals surface area contributed by atoms with E-state index in [0.29, 0.717) is 18.8 Å². The standard InChI is InChI=1S/C12H23NO2/c14-8-11(13-10-6-7-10)9-15-12-4-2-1-3-5-12/h10-14H,1-9H2. The maximum atomic E-state index is 9.19. The van der Waals surface area contributed by atoms with Crippen LogP contribution in [0.2, 0.25) is 0 Å². The second kappa shape index (κ2) is 5.83. The topological polar surface area (TPSA) is 41.5 Å². The first-order chi connectivity index (χ1) is 7.38. The summed E-state index contributed by atoms with van der Waals surface area (Å²) in [5, 5.41) is 12.6. The SMILES string of the molecule is OCC(COC1CCCCC1)NC1CC1. The van der Waals surface area contributed by atoms with Crippen molar-refractivity contribution in [2.45, 2.75) is 63.1 Å². The second-order valence-electron chi connectivity index (χ2n) is 4.91. The van der Waals surface area contributed by atoms with Crippen LogP contribution in [-0.4, -0.2) is 36.5 Å². The second-order valence-corrected chi connectivity index (χ2v) is 4.91. The third-order valence-corrected chi connectivity index (χ3v) is 3.35. The average Bonchev–Trinajstić information content (AvgIpc) is 3.09. The highest BCUT2D eigenvalue weighted by molar-refractivity contribution is 4.84. The zero-order valence-corrected chi connectivity index (χ0v) is 9.45. The minimum Gasteiger partial charge on any atom is -0.395 e. The predicted octanol–water partition coefficient (Wildman–Crippen LogP) is 1.45. The van der Waals surface area contributed by atoms with Crippen LogP contribution in [0.3, 0.4) is 0 Å². The molecule has 0 heterocycles. The van der Waals surface area contributed by atoms with Crippen LogP contribution >= 0.6 is 0 Å². The van der Waals surface area contributed by atoms with Crippen LogP contribution in [0.5, 0.6) is 0 Å². The molecule has 0 spiro atoms. The minimum atomic E-state index is 0.152. The van der Waals surface area contributed by atoms with Gasteiger partial charge in [-0.05, 0) is 25.7 Å². The quantitative estimate of drug-likeness (QED) is 0.701. The van der Waals surface area contributed by atoms with Gasteiger partial charge < -0.3 is 15.2 Å². The summed E-state index contributed by atoms with van der Waals surface area (Å²) >= 11 is 0. The molecule has 0 bridgehead atoms. The highest BCUT2D eigenvalue weighted by Crippen LogP contribution is 2.21. The molecular weight excluding hydrogens is 190 g/mol. The fourth-order valence-electron chi connectivity index (χ4n) is 2.22. The molecule has 0 aromatic heterocycles. The van der Waals surface area contributed by atoms with Gasteiger partial charge in [0.25, 0.3) is 0 Å². The highest BCUT2D eigenvalue weighted by atomic mass is 16.5. The molecule has 0 aliphatic heterocycles. The first kappa shape index (κ1) is 11.4. The maximum absolute atomic E-state index is 9.19. The van der Waals surface area contributed by atoms with Crippen molar-refractivity contribution >= 4 is 0 Å². The van der Waals surface area contributed by atoms with E-state index in [2.05, 4.69) is 5.32 Å². The van der Waals surface area contributed by atoms with Crippen LogP contribution in [0.4, 0.5) is 0 Å². The van der Waals surface area contributed by atoms with Gasteiger partial charge in [0.15, 0.2) is 0 Å². The molecule has 2 N–H and O–H groups in total. The van der Waals surface area contributed by atoms with Crippen LogP contribution in [0.15, 0.2) is 0 Å². The van der Waals surface area contributed by atoms with Crippen LogP contribution in [0.1, 0.15) is 44.9 Å². The third-order valence-electron chi connectivity index (χ3n) is 3.35. The molecule has 3 nitrogen and oxygen atoms in total. The molecule has 1 unspecified atom stereocenters. The van der Waals surface area contributed by atoms with E-state index >= 15 is 0 Å². The van der Waals surface area contributed by atoms with E-state index in [4.69, 9.17) is 4.74 Å². The summed E-state index contributed by atoms with van der Waals surface area (Å²) in [6, 6.07) is 0.802. The van der Waals surface area contributed by atoms with Crippen molar-refractivity contribution < 1.29 is 9.84 Å². The fourth-order valence-corrected chi connectivity index (χ4v) is 2.22. The summed E-state index contributed by atoms with van der Waals surface area (Å²) in [4.78, 5) is 0. The smallest absolute Gasteiger partial charge is 0.0645 e. The lowest BCUT2D eigenvalue weighted by molar-refractivity contribution is 0.00694. The monoisotopic (exact) mass is 213 g/mol. The van der Waals surface area contributed by atoms with Gasteiger partial charge in [-0.25, -0.2) is 0 Å². The van der Waals surface area contributed by atoms with Gasteiger partial charge in [0.1, 0.15) is 0 Å². The number of nitrogens with one attached hydrogen (secondary N) is 1. The molecule has 0 saturated heterocycles. The molecule has 0 radical (unpaired) electrons. The molecule has 2 saturated carbocycles. The van der Waals surface area contributed by atoms with E-state index in [-0.39, 0.29) is 12.6 Å². The summed E-state index contributed by atoms with van der Waals surface area (Å²) in [6.45, 7) is 0.876. The van der Waals surface area contributed by atoms with Gasteiger partial charge in [0, 0.05) is 6.04 Å². The van der Waals surface area contributed by atoms with E-state index in [1.807, 2.05) is 0 Å². The van der Waals surface area contributed by atoms with Crippen molar-refractivity contribution in [2.24, 2.45) is 0 Å². The Hall–Kier alpha value is -0.120. The van der Waals surface area contributed by atoms with Gasteiger partial charge in [-0.15, -0.1) is 0 Å². The van der Waals surface area contributed by atoms with E-state index in [0.717, 1.165) is 0 Å². The van der Waals surface area contributed by atoms with E-state index in [1.54, 1.807) is 0 Å². The molecular formula is C12H23NO2. The first-order valence-electron chi connectivity index (χ1n) is 6.37. The molecule has 2 aliphatic rings. The molecule has 0 aromatic carbocycles. The van der Waals surface area contributed by atoms with Crippen molar-refractivity contribution in [3.8, 4) is 0 Å². The van der Waals surface area contributed by atoms with Crippen LogP contribution in [0, 0.1) is 0 Å². The van der Waals surface area contributed by atoms with Gasteiger partial charge in [0.05, 0.1) is 25.4 Å². The predicted molar refractivity (Wildman–Crippen MR) is 59.9 cm³/mol. The largest absolute Gasteiger partial charge is 0.395 e. The molecule has 0 amide bonds. The molecule has 2 aliphatic carbocycles. The Morgan fingerprint density at radius 3 is 2.47 bits per heavy atom. The number of hydrogen-bond donors (Lipinski definition) is 2. The van der Waals surface area contributed by atoms with Crippen molar-refractivity contribution in [1.82, 2.24) is 5.32 Å². The Kier molecular flexibility index (Phi) is 4.42. The Labute approximate surface area is 92.2 Å². The van der Waals surface area contributed by atoms with Crippen molar-refractivity contribution in [3.05, 3.63) is 0 Å². The van der Waals surface area contributed by atoms with Crippen molar-refractivity contribution in [1.29, 1.82) is 0 Å². The van der Waals surface area contributed by atoms with Crippen molar-refractivity contribution in [3.63, 3.8) is 0 Å². The summed E-state index contributed by atoms with van der Waals surface area (Å²) in [5.41, 5.74) is 0. The van der Waals surface area contributed by atoms with E-state index in [1.165, 1.54) is 44.9 Å². The van der Waals surface area contributed by atoms with Crippen LogP contribution < -0.4 is 5.32 Å². The minimum absolute atomic E-state index is 0.152. The van der Waals surface area contributed by atoms with Gasteiger partial charge in [0.2, 0.25) is 0 Å². The van der Waals surface area contributed by atoms with Gasteiger partial charge in [-0.2, -0.15) is 0 Å². The molecule has 1 atom stereocenters. The Balaban J connectivity index is 1.60. The number of ether oxygens (including phenoxy) is 1. The van der Waals surface area contributed by atoms with Gasteiger partial charge in [-0.1, -0.05) is 19.3 Å². The molecule has 0 aromatic rings. The van der Waals surface area contributed by atoms with E-state index in [9.17, 15) is 5.11 Å².